The molecular formula is C19H18F2O2. The van der Waals surface area contributed by atoms with Crippen LogP contribution in [0.25, 0.3) is 5.83 Å². The van der Waals surface area contributed by atoms with Gasteiger partial charge in [-0.2, -0.15) is 0 Å². The van der Waals surface area contributed by atoms with Gasteiger partial charge in [0.25, 0.3) is 0 Å². The maximum Gasteiger partial charge on any atom is 0.343 e. The molecule has 0 radical (unpaired) electrons. The molecular weight excluding hydrogens is 298 g/mol. The van der Waals surface area contributed by atoms with Gasteiger partial charge in [0.2, 0.25) is 0 Å². The predicted molar refractivity (Wildman–Crippen MR) is 86.9 cm³/mol. The van der Waals surface area contributed by atoms with Crippen LogP contribution in [0.15, 0.2) is 54.6 Å². The number of benzene rings is 2. The summed E-state index contributed by atoms with van der Waals surface area (Å²) in [5, 5.41) is 0. The Kier molecular flexibility index (Phi) is 6.03. The van der Waals surface area contributed by atoms with Crippen molar-refractivity contribution in [2.75, 3.05) is 6.67 Å². The molecule has 0 spiro atoms. The molecule has 23 heavy (non-hydrogen) atoms. The minimum Gasteiger partial charge on any atom is -0.423 e. The molecule has 2 aromatic rings. The zero-order valence-electron chi connectivity index (χ0n) is 12.9. The van der Waals surface area contributed by atoms with Crippen LogP contribution in [0.2, 0.25) is 0 Å². The van der Waals surface area contributed by atoms with Gasteiger partial charge >= 0.3 is 5.97 Å². The Morgan fingerprint density at radius 3 is 2.22 bits per heavy atom. The lowest BCUT2D eigenvalue weighted by Gasteiger charge is -2.06. The summed E-state index contributed by atoms with van der Waals surface area (Å²) >= 11 is 0. The average Bonchev–Trinajstić information content (AvgIpc) is 2.56. The fraction of sp³-hybridized carbons (Fsp3) is 0.211. The van der Waals surface area contributed by atoms with Crippen LogP contribution in [-0.2, 0) is 6.42 Å². The first-order valence-corrected chi connectivity index (χ1v) is 7.47. The molecule has 120 valence electrons. The number of alkyl halides is 1. The van der Waals surface area contributed by atoms with Crippen molar-refractivity contribution in [2.45, 2.75) is 19.8 Å². The van der Waals surface area contributed by atoms with Crippen molar-refractivity contribution in [3.8, 4) is 5.75 Å². The van der Waals surface area contributed by atoms with Crippen LogP contribution >= 0.6 is 0 Å². The fourth-order valence-corrected chi connectivity index (χ4v) is 2.13. The Hall–Kier alpha value is -2.49. The van der Waals surface area contributed by atoms with E-state index >= 15 is 0 Å². The van der Waals surface area contributed by atoms with Gasteiger partial charge in [-0.1, -0.05) is 25.5 Å². The number of esters is 1. The number of hydrogen-bond acceptors (Lipinski definition) is 2. The summed E-state index contributed by atoms with van der Waals surface area (Å²) in [6, 6.07) is 13.1. The number of rotatable bonds is 6. The van der Waals surface area contributed by atoms with E-state index in [1.165, 1.54) is 29.8 Å². The molecule has 0 bridgehead atoms. The molecule has 0 aromatic heterocycles. The molecule has 0 atom stereocenters. The van der Waals surface area contributed by atoms with E-state index in [1.807, 2.05) is 12.1 Å². The van der Waals surface area contributed by atoms with E-state index in [-0.39, 0.29) is 5.56 Å². The molecule has 0 amide bonds. The van der Waals surface area contributed by atoms with E-state index in [0.29, 0.717) is 11.3 Å². The van der Waals surface area contributed by atoms with Crippen molar-refractivity contribution in [3.05, 3.63) is 71.3 Å². The number of allylic oxidation sites excluding steroid dienone is 1. The van der Waals surface area contributed by atoms with Crippen molar-refractivity contribution in [3.63, 3.8) is 0 Å². The Bertz CT molecular complexity index is 674. The van der Waals surface area contributed by atoms with E-state index in [0.717, 1.165) is 18.9 Å². The van der Waals surface area contributed by atoms with Crippen LogP contribution in [0.4, 0.5) is 8.78 Å². The largest absolute Gasteiger partial charge is 0.423 e. The van der Waals surface area contributed by atoms with Crippen LogP contribution in [0.3, 0.4) is 0 Å². The molecule has 0 heterocycles. The number of ether oxygens (including phenoxy) is 1. The standard InChI is InChI=1S/C19H18F2O2/c1-2-3-14-4-6-16(7-5-14)19(22)23-17-10-8-15(9-11-17)18(21)12-13-20/h4-12H,2-3,13H2,1H3/b18-12-. The Morgan fingerprint density at radius 1 is 1.04 bits per heavy atom. The van der Waals surface area contributed by atoms with E-state index < -0.39 is 18.5 Å². The molecule has 0 fully saturated rings. The molecule has 0 aliphatic rings. The van der Waals surface area contributed by atoms with Gasteiger partial charge in [0.05, 0.1) is 5.56 Å². The highest BCUT2D eigenvalue weighted by Crippen LogP contribution is 2.20. The first-order chi connectivity index (χ1) is 11.1. The van der Waals surface area contributed by atoms with Gasteiger partial charge in [-0.25, -0.2) is 13.6 Å². The van der Waals surface area contributed by atoms with Crippen molar-refractivity contribution in [1.82, 2.24) is 0 Å². The maximum absolute atomic E-state index is 13.4. The maximum atomic E-state index is 13.4. The van der Waals surface area contributed by atoms with Gasteiger partial charge < -0.3 is 4.74 Å². The van der Waals surface area contributed by atoms with Crippen LogP contribution < -0.4 is 4.74 Å². The number of aryl methyl sites for hydroxylation is 1. The molecule has 2 rings (SSSR count). The third-order valence-corrected chi connectivity index (χ3v) is 3.33. The lowest BCUT2D eigenvalue weighted by molar-refractivity contribution is 0.0735. The van der Waals surface area contributed by atoms with Crippen molar-refractivity contribution >= 4 is 11.8 Å². The van der Waals surface area contributed by atoms with Gasteiger partial charge in [-0.15, -0.1) is 0 Å². The number of hydrogen-bond donors (Lipinski definition) is 0. The van der Waals surface area contributed by atoms with Crippen LogP contribution in [-0.4, -0.2) is 12.6 Å². The topological polar surface area (TPSA) is 26.3 Å². The summed E-state index contributed by atoms with van der Waals surface area (Å²) in [7, 11) is 0. The smallest absolute Gasteiger partial charge is 0.343 e. The molecule has 0 saturated carbocycles. The second-order valence-corrected chi connectivity index (χ2v) is 5.07. The molecule has 0 saturated heterocycles. The summed E-state index contributed by atoms with van der Waals surface area (Å²) in [4.78, 5) is 12.0. The SMILES string of the molecule is CCCc1ccc(C(=O)Oc2ccc(/C(F)=C/CF)cc2)cc1. The minimum atomic E-state index is -0.864. The lowest BCUT2D eigenvalue weighted by Crippen LogP contribution is -2.08. The second-order valence-electron chi connectivity index (χ2n) is 5.07. The number of halogens is 2. The Balaban J connectivity index is 2.03. The summed E-state index contributed by atoms with van der Waals surface area (Å²) in [6.45, 7) is 1.23. The van der Waals surface area contributed by atoms with Crippen molar-refractivity contribution < 1.29 is 18.3 Å². The third-order valence-electron chi connectivity index (χ3n) is 3.33. The highest BCUT2D eigenvalue weighted by atomic mass is 19.1. The monoisotopic (exact) mass is 316 g/mol. The summed E-state index contributed by atoms with van der Waals surface area (Å²) in [5.74, 6) is -0.804. The summed E-state index contributed by atoms with van der Waals surface area (Å²) < 4.78 is 30.7. The number of carbonyl (C=O) groups is 1. The first-order valence-electron chi connectivity index (χ1n) is 7.47. The Morgan fingerprint density at radius 2 is 1.65 bits per heavy atom. The van der Waals surface area contributed by atoms with E-state index in [1.54, 1.807) is 12.1 Å². The van der Waals surface area contributed by atoms with Gasteiger partial charge in [-0.3, -0.25) is 0 Å². The zero-order chi connectivity index (χ0) is 16.7. The van der Waals surface area contributed by atoms with Gasteiger partial charge in [0.15, 0.2) is 0 Å². The molecule has 0 N–H and O–H groups in total. The normalized spacial score (nSPS) is 11.3. The van der Waals surface area contributed by atoms with E-state index in [2.05, 4.69) is 6.92 Å². The molecule has 4 heteroatoms. The fourth-order valence-electron chi connectivity index (χ4n) is 2.13. The zero-order valence-corrected chi connectivity index (χ0v) is 12.9. The quantitative estimate of drug-likeness (QED) is 0.545. The molecule has 0 aliphatic carbocycles. The highest BCUT2D eigenvalue weighted by molar-refractivity contribution is 5.91. The van der Waals surface area contributed by atoms with Crippen LogP contribution in [0.1, 0.15) is 34.8 Å². The van der Waals surface area contributed by atoms with Crippen molar-refractivity contribution in [1.29, 1.82) is 0 Å². The van der Waals surface area contributed by atoms with Crippen LogP contribution in [0, 0.1) is 0 Å². The minimum absolute atomic E-state index is 0.242. The molecule has 2 nitrogen and oxygen atoms in total. The predicted octanol–water partition coefficient (Wildman–Crippen LogP) is 5.14. The van der Waals surface area contributed by atoms with Crippen molar-refractivity contribution in [2.24, 2.45) is 0 Å². The average molecular weight is 316 g/mol. The second kappa shape index (κ2) is 8.22. The first kappa shape index (κ1) is 16.9. The van der Waals surface area contributed by atoms with Gasteiger partial charge in [-0.05, 0) is 54.5 Å². The lowest BCUT2D eigenvalue weighted by atomic mass is 10.1. The van der Waals surface area contributed by atoms with E-state index in [4.69, 9.17) is 4.74 Å². The molecule has 2 aromatic carbocycles. The van der Waals surface area contributed by atoms with Gasteiger partial charge in [0.1, 0.15) is 18.3 Å². The van der Waals surface area contributed by atoms with Gasteiger partial charge in [0, 0.05) is 5.56 Å². The third kappa shape index (κ3) is 4.74. The number of carbonyl (C=O) groups excluding carboxylic acids is 1. The Labute approximate surface area is 134 Å². The molecule has 0 unspecified atom stereocenters. The summed E-state index contributed by atoms with van der Waals surface area (Å²) in [5.41, 5.74) is 1.87. The molecule has 0 aliphatic heterocycles. The van der Waals surface area contributed by atoms with E-state index in [9.17, 15) is 13.6 Å². The highest BCUT2D eigenvalue weighted by Gasteiger charge is 2.09. The summed E-state index contributed by atoms with van der Waals surface area (Å²) in [6.07, 6.45) is 2.86. The van der Waals surface area contributed by atoms with Crippen LogP contribution in [0.5, 0.6) is 5.75 Å².